The molecule has 202 valence electrons. The molecule has 39 heavy (non-hydrogen) atoms. The van der Waals surface area contributed by atoms with E-state index in [4.69, 9.17) is 4.74 Å². The standard InChI is InChI=1S/C27H25F3N6O3/c1-31-25(37)22-16-20(6-8-32-22)36-9-7-17-14-18(2-4-23(17)36)33-26(38)34-19-3-5-24(21(15-19)27(28,29)30)35-10-12-39-13-11-35/h2-9,14-16H,10-13H2,1H3,(H,31,37)(H2,33,34,38). The molecule has 2 aromatic heterocycles. The van der Waals surface area contributed by atoms with Crippen LogP contribution in [0, 0.1) is 0 Å². The Morgan fingerprint density at radius 2 is 1.67 bits per heavy atom. The first-order valence-electron chi connectivity index (χ1n) is 12.1. The van der Waals surface area contributed by atoms with Crippen molar-refractivity contribution in [2.75, 3.05) is 48.9 Å². The van der Waals surface area contributed by atoms with Crippen molar-refractivity contribution in [3.05, 3.63) is 78.2 Å². The van der Waals surface area contributed by atoms with E-state index in [1.54, 1.807) is 41.4 Å². The number of nitrogens with one attached hydrogen (secondary N) is 3. The zero-order chi connectivity index (χ0) is 27.6. The third kappa shape index (κ3) is 5.65. The number of hydrogen-bond donors (Lipinski definition) is 3. The molecule has 0 atom stereocenters. The van der Waals surface area contributed by atoms with Gasteiger partial charge in [0.1, 0.15) is 5.69 Å². The molecule has 0 unspecified atom stereocenters. The summed E-state index contributed by atoms with van der Waals surface area (Å²) < 4.78 is 48.5. The summed E-state index contributed by atoms with van der Waals surface area (Å²) in [5.41, 5.74) is 1.55. The Hall–Kier alpha value is -4.58. The van der Waals surface area contributed by atoms with Gasteiger partial charge in [-0.2, -0.15) is 13.2 Å². The van der Waals surface area contributed by atoms with Crippen LogP contribution in [0.15, 0.2) is 67.0 Å². The maximum Gasteiger partial charge on any atom is 0.418 e. The summed E-state index contributed by atoms with van der Waals surface area (Å²) in [5.74, 6) is -0.302. The summed E-state index contributed by atoms with van der Waals surface area (Å²) in [6.45, 7) is 1.42. The first-order valence-corrected chi connectivity index (χ1v) is 12.1. The van der Waals surface area contributed by atoms with Crippen molar-refractivity contribution < 1.29 is 27.5 Å². The van der Waals surface area contributed by atoms with Crippen molar-refractivity contribution in [2.24, 2.45) is 0 Å². The van der Waals surface area contributed by atoms with Gasteiger partial charge in [-0.1, -0.05) is 0 Å². The van der Waals surface area contributed by atoms with E-state index < -0.39 is 17.8 Å². The number of nitrogens with zero attached hydrogens (tertiary/aromatic N) is 3. The second-order valence-electron chi connectivity index (χ2n) is 8.85. The van der Waals surface area contributed by atoms with E-state index in [1.807, 2.05) is 16.8 Å². The Morgan fingerprint density at radius 3 is 2.38 bits per heavy atom. The lowest BCUT2D eigenvalue weighted by molar-refractivity contribution is -0.137. The Balaban J connectivity index is 1.32. The fraction of sp³-hybridized carbons (Fsp3) is 0.222. The van der Waals surface area contributed by atoms with Gasteiger partial charge in [-0.3, -0.25) is 9.78 Å². The van der Waals surface area contributed by atoms with Crippen molar-refractivity contribution in [3.63, 3.8) is 0 Å². The predicted octanol–water partition coefficient (Wildman–Crippen LogP) is 4.88. The molecule has 0 aliphatic carbocycles. The molecule has 0 bridgehead atoms. The van der Waals surface area contributed by atoms with E-state index in [-0.39, 0.29) is 23.0 Å². The zero-order valence-electron chi connectivity index (χ0n) is 20.9. The number of urea groups is 1. The molecule has 3 heterocycles. The SMILES string of the molecule is CNC(=O)c1cc(-n2ccc3cc(NC(=O)Nc4ccc(N5CCOCC5)c(C(F)(F)F)c4)ccc32)ccn1. The van der Waals surface area contributed by atoms with Crippen LogP contribution in [0.3, 0.4) is 0 Å². The largest absolute Gasteiger partial charge is 0.418 e. The molecule has 3 N–H and O–H groups in total. The normalized spacial score (nSPS) is 13.8. The fourth-order valence-electron chi connectivity index (χ4n) is 4.48. The number of amides is 3. The lowest BCUT2D eigenvalue weighted by atomic mass is 10.1. The maximum absolute atomic E-state index is 13.8. The maximum atomic E-state index is 13.8. The second-order valence-corrected chi connectivity index (χ2v) is 8.85. The second kappa shape index (κ2) is 10.7. The van der Waals surface area contributed by atoms with Gasteiger partial charge >= 0.3 is 12.2 Å². The molecular formula is C27H25F3N6O3. The number of alkyl halides is 3. The highest BCUT2D eigenvalue weighted by molar-refractivity contribution is 6.01. The summed E-state index contributed by atoms with van der Waals surface area (Å²) in [4.78, 5) is 30.3. The van der Waals surface area contributed by atoms with Gasteiger partial charge in [0.15, 0.2) is 0 Å². The van der Waals surface area contributed by atoms with Crippen LogP contribution in [0.4, 0.5) is 35.0 Å². The topological polar surface area (TPSA) is 101 Å². The number of rotatable bonds is 5. The van der Waals surface area contributed by atoms with Gasteiger partial charge in [-0.25, -0.2) is 4.79 Å². The van der Waals surface area contributed by atoms with Crippen molar-refractivity contribution in [2.45, 2.75) is 6.18 Å². The van der Waals surface area contributed by atoms with Gasteiger partial charge in [0, 0.05) is 60.7 Å². The number of benzene rings is 2. The number of pyridine rings is 1. The smallest absolute Gasteiger partial charge is 0.378 e. The van der Waals surface area contributed by atoms with Gasteiger partial charge in [-0.05, 0) is 54.6 Å². The van der Waals surface area contributed by atoms with Crippen molar-refractivity contribution in [1.82, 2.24) is 14.9 Å². The number of halogens is 3. The minimum absolute atomic E-state index is 0.0219. The van der Waals surface area contributed by atoms with E-state index in [1.165, 1.54) is 19.2 Å². The number of ether oxygens (including phenoxy) is 1. The Bertz CT molecular complexity index is 1530. The Morgan fingerprint density at radius 1 is 0.949 bits per heavy atom. The predicted molar refractivity (Wildman–Crippen MR) is 142 cm³/mol. The summed E-state index contributed by atoms with van der Waals surface area (Å²) >= 11 is 0. The average molecular weight is 539 g/mol. The molecular weight excluding hydrogens is 513 g/mol. The van der Waals surface area contributed by atoms with Crippen LogP contribution in [-0.2, 0) is 10.9 Å². The van der Waals surface area contributed by atoms with Gasteiger partial charge < -0.3 is 30.2 Å². The third-order valence-electron chi connectivity index (χ3n) is 6.34. The minimum Gasteiger partial charge on any atom is -0.378 e. The van der Waals surface area contributed by atoms with Crippen LogP contribution in [0.1, 0.15) is 16.1 Å². The molecule has 1 aliphatic rings. The number of carbonyl (C=O) groups excluding carboxylic acids is 2. The molecule has 1 aliphatic heterocycles. The molecule has 3 amide bonds. The number of carbonyl (C=O) groups is 2. The molecule has 9 nitrogen and oxygen atoms in total. The van der Waals surface area contributed by atoms with Crippen LogP contribution >= 0.6 is 0 Å². The quantitative estimate of drug-likeness (QED) is 0.336. The zero-order valence-corrected chi connectivity index (χ0v) is 20.9. The Kier molecular flexibility index (Phi) is 7.11. The van der Waals surface area contributed by atoms with Crippen LogP contribution in [0.5, 0.6) is 0 Å². The Labute approximate surface area is 221 Å². The molecule has 0 saturated carbocycles. The highest BCUT2D eigenvalue weighted by Crippen LogP contribution is 2.38. The summed E-state index contributed by atoms with van der Waals surface area (Å²) in [6.07, 6.45) is -1.22. The minimum atomic E-state index is -4.59. The lowest BCUT2D eigenvalue weighted by Gasteiger charge is -2.31. The summed E-state index contributed by atoms with van der Waals surface area (Å²) in [7, 11) is 1.53. The summed E-state index contributed by atoms with van der Waals surface area (Å²) in [6, 6.07) is 13.6. The summed E-state index contributed by atoms with van der Waals surface area (Å²) in [5, 5.41) is 8.51. The fourth-order valence-corrected chi connectivity index (χ4v) is 4.48. The number of fused-ring (bicyclic) bond motifs is 1. The average Bonchev–Trinajstić information content (AvgIpc) is 3.36. The molecule has 0 radical (unpaired) electrons. The lowest BCUT2D eigenvalue weighted by Crippen LogP contribution is -2.37. The van der Waals surface area contributed by atoms with Crippen LogP contribution in [0.25, 0.3) is 16.6 Å². The van der Waals surface area contributed by atoms with E-state index >= 15 is 0 Å². The van der Waals surface area contributed by atoms with Crippen LogP contribution in [-0.4, -0.2) is 54.8 Å². The highest BCUT2D eigenvalue weighted by Gasteiger charge is 2.35. The van der Waals surface area contributed by atoms with E-state index in [2.05, 4.69) is 20.9 Å². The van der Waals surface area contributed by atoms with Gasteiger partial charge in [0.2, 0.25) is 0 Å². The van der Waals surface area contributed by atoms with E-state index in [0.717, 1.165) is 22.7 Å². The van der Waals surface area contributed by atoms with Crippen molar-refractivity contribution in [3.8, 4) is 5.69 Å². The van der Waals surface area contributed by atoms with Crippen molar-refractivity contribution in [1.29, 1.82) is 0 Å². The molecule has 1 fully saturated rings. The molecule has 2 aromatic carbocycles. The van der Waals surface area contributed by atoms with Gasteiger partial charge in [-0.15, -0.1) is 0 Å². The van der Waals surface area contributed by atoms with E-state index in [0.29, 0.717) is 32.0 Å². The monoisotopic (exact) mass is 538 g/mol. The highest BCUT2D eigenvalue weighted by atomic mass is 19.4. The molecule has 5 rings (SSSR count). The van der Waals surface area contributed by atoms with Gasteiger partial charge in [0.05, 0.1) is 24.3 Å². The number of anilines is 3. The van der Waals surface area contributed by atoms with Crippen LogP contribution < -0.4 is 20.9 Å². The molecule has 12 heteroatoms. The first-order chi connectivity index (χ1) is 18.7. The number of hydrogen-bond acceptors (Lipinski definition) is 5. The molecule has 1 saturated heterocycles. The molecule has 0 spiro atoms. The van der Waals surface area contributed by atoms with Crippen molar-refractivity contribution >= 4 is 39.9 Å². The van der Waals surface area contributed by atoms with Crippen LogP contribution in [0.2, 0.25) is 0 Å². The first kappa shape index (κ1) is 26.0. The van der Waals surface area contributed by atoms with Gasteiger partial charge in [0.25, 0.3) is 5.91 Å². The number of aromatic nitrogens is 2. The molecule has 4 aromatic rings. The number of morpholine rings is 1. The van der Waals surface area contributed by atoms with E-state index in [9.17, 15) is 22.8 Å². The third-order valence-corrected chi connectivity index (χ3v) is 6.34.